The molecule has 3 aromatic carbocycles. The van der Waals surface area contributed by atoms with Gasteiger partial charge in [0.05, 0.1) is 12.8 Å². The van der Waals surface area contributed by atoms with Gasteiger partial charge in [0.15, 0.2) is 0 Å². The number of carbonyl (C=O) groups is 2. The van der Waals surface area contributed by atoms with Gasteiger partial charge in [-0.15, -0.1) is 0 Å². The summed E-state index contributed by atoms with van der Waals surface area (Å²) in [5.41, 5.74) is 3.27. The molecule has 4 aromatic rings. The summed E-state index contributed by atoms with van der Waals surface area (Å²) in [6.07, 6.45) is 1.55. The van der Waals surface area contributed by atoms with Gasteiger partial charge in [0, 0.05) is 51.7 Å². The number of methoxy groups -OCH3 is 1. The number of benzene rings is 3. The summed E-state index contributed by atoms with van der Waals surface area (Å²) in [5.74, 6) is -0.208. The number of hydrogen-bond donors (Lipinski definition) is 3. The Bertz CT molecular complexity index is 1670. The van der Waals surface area contributed by atoms with Gasteiger partial charge in [0.25, 0.3) is 21.8 Å². The van der Waals surface area contributed by atoms with E-state index in [1.165, 1.54) is 22.8 Å². The highest BCUT2D eigenvalue weighted by atomic mass is 32.2. The maximum Gasteiger partial charge on any atom is 0.269 e. The summed E-state index contributed by atoms with van der Waals surface area (Å²) >= 11 is 0. The molecule has 0 atom stereocenters. The monoisotopic (exact) mass is 576 g/mol. The van der Waals surface area contributed by atoms with Crippen LogP contribution in [-0.2, 0) is 17.1 Å². The van der Waals surface area contributed by atoms with Gasteiger partial charge >= 0.3 is 0 Å². The number of nitrogens with one attached hydrogen (secondary N) is 3. The summed E-state index contributed by atoms with van der Waals surface area (Å²) in [6, 6.07) is 20.3. The lowest BCUT2D eigenvalue weighted by Crippen LogP contribution is -2.30. The first-order chi connectivity index (χ1) is 19.6. The lowest BCUT2D eigenvalue weighted by Gasteiger charge is -2.15. The normalized spacial score (nSPS) is 11.0. The number of aryl methyl sites for hydroxylation is 1. The molecule has 2 amide bonds. The minimum atomic E-state index is -4.05. The van der Waals surface area contributed by atoms with Crippen LogP contribution in [0.5, 0.6) is 5.75 Å². The molecule has 3 N–H and O–H groups in total. The summed E-state index contributed by atoms with van der Waals surface area (Å²) in [4.78, 5) is 26.1. The lowest BCUT2D eigenvalue weighted by molar-refractivity contribution is 0.0827. The standard InChI is InChI=1S/C29H32N6O5S/c1-34(2)29(37)22-8-5-7-20(17-22)21-11-12-26(40-4)27(18-21)41(38,39)33-24-10-6-9-23(19-24)30-15-16-31-28(36)25-13-14-32-35(25)3/h5-14,17-19,30,33H,15-16H2,1-4H3,(H,31,36). The summed E-state index contributed by atoms with van der Waals surface area (Å²) in [5, 5.41) is 9.96. The fraction of sp³-hybridized carbons (Fsp3) is 0.207. The number of hydrogen-bond acceptors (Lipinski definition) is 7. The Morgan fingerprint density at radius 1 is 0.927 bits per heavy atom. The molecule has 0 radical (unpaired) electrons. The van der Waals surface area contributed by atoms with Crippen molar-refractivity contribution in [2.24, 2.45) is 7.05 Å². The topological polar surface area (TPSA) is 135 Å². The van der Waals surface area contributed by atoms with Crippen molar-refractivity contribution in [3.05, 3.63) is 90.3 Å². The molecule has 1 aromatic heterocycles. The fourth-order valence-electron chi connectivity index (χ4n) is 4.13. The molecule has 0 unspecified atom stereocenters. The predicted octanol–water partition coefficient (Wildman–Crippen LogP) is 3.44. The molecule has 4 rings (SSSR count). The molecule has 0 aliphatic heterocycles. The number of anilines is 2. The van der Waals surface area contributed by atoms with E-state index in [9.17, 15) is 18.0 Å². The quantitative estimate of drug-likeness (QED) is 0.233. The number of ether oxygens (including phenoxy) is 1. The number of aromatic nitrogens is 2. The molecular weight excluding hydrogens is 544 g/mol. The summed E-state index contributed by atoms with van der Waals surface area (Å²) in [6.45, 7) is 0.774. The Labute approximate surface area is 239 Å². The first-order valence-electron chi connectivity index (χ1n) is 12.7. The van der Waals surface area contributed by atoms with Crippen molar-refractivity contribution in [1.29, 1.82) is 0 Å². The van der Waals surface area contributed by atoms with E-state index in [-0.39, 0.29) is 22.5 Å². The molecule has 0 fully saturated rings. The predicted molar refractivity (Wildman–Crippen MR) is 158 cm³/mol. The summed E-state index contributed by atoms with van der Waals surface area (Å²) in [7, 11) is 2.39. The Morgan fingerprint density at radius 3 is 2.37 bits per heavy atom. The molecule has 214 valence electrons. The second-order valence-corrected chi connectivity index (χ2v) is 11.0. The average Bonchev–Trinajstić information content (AvgIpc) is 3.40. The van der Waals surface area contributed by atoms with Crippen LogP contribution >= 0.6 is 0 Å². The molecule has 0 spiro atoms. The second kappa shape index (κ2) is 12.6. The van der Waals surface area contributed by atoms with Gasteiger partial charge in [0.2, 0.25) is 0 Å². The van der Waals surface area contributed by atoms with E-state index < -0.39 is 10.0 Å². The highest BCUT2D eigenvalue weighted by molar-refractivity contribution is 7.92. The van der Waals surface area contributed by atoms with Crippen LogP contribution in [0.4, 0.5) is 11.4 Å². The zero-order chi connectivity index (χ0) is 29.6. The third kappa shape index (κ3) is 7.03. The van der Waals surface area contributed by atoms with Gasteiger partial charge < -0.3 is 20.3 Å². The van der Waals surface area contributed by atoms with Crippen LogP contribution in [0.3, 0.4) is 0 Å². The zero-order valence-corrected chi connectivity index (χ0v) is 24.0. The first-order valence-corrected chi connectivity index (χ1v) is 14.2. The largest absolute Gasteiger partial charge is 0.495 e. The van der Waals surface area contributed by atoms with Crippen LogP contribution in [0.2, 0.25) is 0 Å². The zero-order valence-electron chi connectivity index (χ0n) is 23.2. The maximum atomic E-state index is 13.5. The van der Waals surface area contributed by atoms with Gasteiger partial charge in [0.1, 0.15) is 16.3 Å². The Kier molecular flexibility index (Phi) is 8.93. The maximum absolute atomic E-state index is 13.5. The third-order valence-corrected chi connectivity index (χ3v) is 7.61. The van der Waals surface area contributed by atoms with E-state index in [1.54, 1.807) is 88.0 Å². The van der Waals surface area contributed by atoms with Crippen molar-refractivity contribution in [3.63, 3.8) is 0 Å². The highest BCUT2D eigenvalue weighted by Crippen LogP contribution is 2.32. The van der Waals surface area contributed by atoms with Gasteiger partial charge in [-0.3, -0.25) is 19.0 Å². The van der Waals surface area contributed by atoms with E-state index >= 15 is 0 Å². The molecule has 11 nitrogen and oxygen atoms in total. The van der Waals surface area contributed by atoms with Crippen LogP contribution in [0.1, 0.15) is 20.8 Å². The van der Waals surface area contributed by atoms with E-state index in [0.717, 1.165) is 0 Å². The Morgan fingerprint density at radius 2 is 1.66 bits per heavy atom. The molecule has 0 aliphatic carbocycles. The van der Waals surface area contributed by atoms with Crippen molar-refractivity contribution in [2.45, 2.75) is 4.90 Å². The lowest BCUT2D eigenvalue weighted by atomic mass is 10.0. The molecule has 1 heterocycles. The molecular formula is C29H32N6O5S. The SMILES string of the molecule is COc1ccc(-c2cccc(C(=O)N(C)C)c2)cc1S(=O)(=O)Nc1cccc(NCCNC(=O)c2ccnn2C)c1. The number of carbonyl (C=O) groups excluding carboxylic acids is 2. The van der Waals surface area contributed by atoms with Gasteiger partial charge in [-0.25, -0.2) is 8.42 Å². The van der Waals surface area contributed by atoms with E-state index in [2.05, 4.69) is 20.5 Å². The Balaban J connectivity index is 1.48. The van der Waals surface area contributed by atoms with Gasteiger partial charge in [-0.2, -0.15) is 5.10 Å². The number of sulfonamides is 1. The van der Waals surface area contributed by atoms with Crippen molar-refractivity contribution in [3.8, 4) is 16.9 Å². The van der Waals surface area contributed by atoms with E-state index in [0.29, 0.717) is 46.8 Å². The average molecular weight is 577 g/mol. The molecule has 0 aliphatic rings. The van der Waals surface area contributed by atoms with Crippen molar-refractivity contribution < 1.29 is 22.7 Å². The highest BCUT2D eigenvalue weighted by Gasteiger charge is 2.21. The van der Waals surface area contributed by atoms with Crippen LogP contribution in [0.25, 0.3) is 11.1 Å². The number of rotatable bonds is 11. The van der Waals surface area contributed by atoms with Crippen molar-refractivity contribution in [1.82, 2.24) is 20.0 Å². The minimum Gasteiger partial charge on any atom is -0.495 e. The van der Waals surface area contributed by atoms with Crippen LogP contribution in [0.15, 0.2) is 83.9 Å². The van der Waals surface area contributed by atoms with E-state index in [1.807, 2.05) is 6.07 Å². The molecule has 0 saturated heterocycles. The number of amides is 2. The smallest absolute Gasteiger partial charge is 0.269 e. The second-order valence-electron chi connectivity index (χ2n) is 9.36. The first kappa shape index (κ1) is 29.2. The summed E-state index contributed by atoms with van der Waals surface area (Å²) < 4.78 is 36.5. The third-order valence-electron chi connectivity index (χ3n) is 6.21. The molecule has 12 heteroatoms. The molecule has 41 heavy (non-hydrogen) atoms. The molecule has 0 saturated carbocycles. The Hall–Kier alpha value is -4.84. The number of nitrogens with zero attached hydrogens (tertiary/aromatic N) is 3. The van der Waals surface area contributed by atoms with Crippen molar-refractivity contribution >= 4 is 33.2 Å². The van der Waals surface area contributed by atoms with Crippen LogP contribution in [-0.4, -0.2) is 69.2 Å². The molecule has 0 bridgehead atoms. The van der Waals surface area contributed by atoms with Gasteiger partial charge in [-0.1, -0.05) is 24.3 Å². The van der Waals surface area contributed by atoms with Gasteiger partial charge in [-0.05, 0) is 59.7 Å². The fourth-order valence-corrected chi connectivity index (χ4v) is 5.37. The van der Waals surface area contributed by atoms with Crippen LogP contribution < -0.4 is 20.1 Å². The minimum absolute atomic E-state index is 0.0434. The van der Waals surface area contributed by atoms with E-state index in [4.69, 9.17) is 4.74 Å². The van der Waals surface area contributed by atoms with Crippen molar-refractivity contribution in [2.75, 3.05) is 44.3 Å². The van der Waals surface area contributed by atoms with Crippen LogP contribution in [0, 0.1) is 0 Å².